The quantitative estimate of drug-likeness (QED) is 0.571. The Bertz CT molecular complexity index is 1280. The summed E-state index contributed by atoms with van der Waals surface area (Å²) in [6.45, 7) is -2.85. The van der Waals surface area contributed by atoms with Gasteiger partial charge in [-0.1, -0.05) is 42.5 Å². The number of hydrogen-bond acceptors (Lipinski definition) is 4. The Kier molecular flexibility index (Phi) is 5.68. The third-order valence-corrected chi connectivity index (χ3v) is 6.26. The number of anilines is 2. The van der Waals surface area contributed by atoms with E-state index in [1.807, 2.05) is 30.3 Å². The first-order valence-corrected chi connectivity index (χ1v) is 11.0. The van der Waals surface area contributed by atoms with Crippen LogP contribution in [0.2, 0.25) is 0 Å². The lowest BCUT2D eigenvalue weighted by atomic mass is 9.94. The number of rotatable bonds is 6. The minimum atomic E-state index is -2.97. The van der Waals surface area contributed by atoms with Gasteiger partial charge in [-0.3, -0.25) is 19.3 Å². The molecule has 1 atom stereocenters. The van der Waals surface area contributed by atoms with E-state index in [-0.39, 0.29) is 37.0 Å². The summed E-state index contributed by atoms with van der Waals surface area (Å²) in [5.41, 5.74) is 0.267. The topological polar surface area (TPSA) is 79.0 Å². The van der Waals surface area contributed by atoms with E-state index in [0.29, 0.717) is 16.9 Å². The Labute approximate surface area is 199 Å². The predicted molar refractivity (Wildman–Crippen MR) is 124 cm³/mol. The maximum absolute atomic E-state index is 13.9. The lowest BCUT2D eigenvalue weighted by Crippen LogP contribution is -2.69. The molecule has 0 spiro atoms. The van der Waals surface area contributed by atoms with Gasteiger partial charge in [0.15, 0.2) is 0 Å². The molecule has 0 aliphatic carbocycles. The third-order valence-electron chi connectivity index (χ3n) is 6.26. The van der Waals surface area contributed by atoms with Gasteiger partial charge in [0.25, 0.3) is 11.8 Å². The molecule has 1 unspecified atom stereocenters. The van der Waals surface area contributed by atoms with Crippen molar-refractivity contribution >= 4 is 29.1 Å². The molecule has 2 aliphatic rings. The van der Waals surface area contributed by atoms with Crippen LogP contribution in [0.4, 0.5) is 20.2 Å². The minimum Gasteiger partial charge on any atom is -0.435 e. The van der Waals surface area contributed by atoms with Crippen LogP contribution < -0.4 is 15.0 Å². The number of para-hydroxylation sites is 1. The average Bonchev–Trinajstić information content (AvgIpc) is 3.21. The van der Waals surface area contributed by atoms with E-state index in [0.717, 1.165) is 5.56 Å². The van der Waals surface area contributed by atoms with Crippen molar-refractivity contribution in [3.8, 4) is 5.75 Å². The van der Waals surface area contributed by atoms with Crippen LogP contribution in [-0.2, 0) is 16.1 Å². The summed E-state index contributed by atoms with van der Waals surface area (Å²) in [6.07, 6.45) is 0.193. The fraction of sp³-hybridized carbons (Fsp3) is 0.192. The second-order valence-corrected chi connectivity index (χ2v) is 8.30. The van der Waals surface area contributed by atoms with Crippen molar-refractivity contribution in [2.24, 2.45) is 0 Å². The molecule has 5 rings (SSSR count). The molecular weight excluding hydrogens is 456 g/mol. The summed E-state index contributed by atoms with van der Waals surface area (Å²) in [4.78, 5) is 43.5. The average molecular weight is 477 g/mol. The molecule has 0 radical (unpaired) electrons. The van der Waals surface area contributed by atoms with Crippen LogP contribution in [-0.4, -0.2) is 34.9 Å². The van der Waals surface area contributed by atoms with Gasteiger partial charge in [0, 0.05) is 25.1 Å². The number of benzene rings is 3. The Morgan fingerprint density at radius 2 is 1.66 bits per heavy atom. The number of ether oxygens (including phenoxy) is 1. The highest BCUT2D eigenvalue weighted by atomic mass is 19.3. The van der Waals surface area contributed by atoms with Gasteiger partial charge < -0.3 is 15.0 Å². The molecule has 1 fully saturated rings. The smallest absolute Gasteiger partial charge is 0.387 e. The van der Waals surface area contributed by atoms with Crippen molar-refractivity contribution < 1.29 is 27.9 Å². The number of nitrogens with zero attached hydrogens (tertiary/aromatic N) is 2. The van der Waals surface area contributed by atoms with Crippen molar-refractivity contribution in [2.45, 2.75) is 31.7 Å². The van der Waals surface area contributed by atoms with E-state index in [1.165, 1.54) is 34.1 Å². The Hall–Kier alpha value is -4.27. The van der Waals surface area contributed by atoms with E-state index >= 15 is 0 Å². The van der Waals surface area contributed by atoms with Gasteiger partial charge in [-0.05, 0) is 42.0 Å². The van der Waals surface area contributed by atoms with Crippen LogP contribution in [0.25, 0.3) is 0 Å². The zero-order valence-electron chi connectivity index (χ0n) is 18.5. The van der Waals surface area contributed by atoms with Gasteiger partial charge in [-0.2, -0.15) is 8.78 Å². The number of alkyl halides is 2. The monoisotopic (exact) mass is 477 g/mol. The van der Waals surface area contributed by atoms with Crippen LogP contribution in [0.3, 0.4) is 0 Å². The van der Waals surface area contributed by atoms with Gasteiger partial charge in [-0.25, -0.2) is 0 Å². The number of hydrogen-bond donors (Lipinski definition) is 1. The van der Waals surface area contributed by atoms with Crippen molar-refractivity contribution in [2.75, 3.05) is 10.2 Å². The molecule has 3 amide bonds. The van der Waals surface area contributed by atoms with Gasteiger partial charge in [0.1, 0.15) is 5.75 Å². The molecule has 3 aromatic carbocycles. The van der Waals surface area contributed by atoms with Gasteiger partial charge in [0.2, 0.25) is 11.6 Å². The number of carbonyl (C=O) groups is 3. The molecule has 2 aliphatic heterocycles. The number of amides is 3. The number of fused-ring (bicyclic) bond motifs is 3. The Morgan fingerprint density at radius 3 is 2.37 bits per heavy atom. The maximum atomic E-state index is 13.9. The summed E-state index contributed by atoms with van der Waals surface area (Å²) in [5.74, 6) is -1.24. The summed E-state index contributed by atoms with van der Waals surface area (Å²) < 4.78 is 29.3. The molecule has 1 N–H and O–H groups in total. The number of halogens is 2. The zero-order valence-corrected chi connectivity index (χ0v) is 18.5. The highest BCUT2D eigenvalue weighted by molar-refractivity contribution is 6.18. The normalized spacial score (nSPS) is 18.9. The van der Waals surface area contributed by atoms with Crippen molar-refractivity contribution in [3.63, 3.8) is 0 Å². The van der Waals surface area contributed by atoms with E-state index in [9.17, 15) is 23.2 Å². The summed E-state index contributed by atoms with van der Waals surface area (Å²) in [5, 5.41) is 2.77. The largest absolute Gasteiger partial charge is 0.435 e. The fourth-order valence-electron chi connectivity index (χ4n) is 4.72. The van der Waals surface area contributed by atoms with Crippen molar-refractivity contribution in [1.29, 1.82) is 0 Å². The van der Waals surface area contributed by atoms with Gasteiger partial charge >= 0.3 is 6.61 Å². The molecule has 0 saturated carbocycles. The lowest BCUT2D eigenvalue weighted by Gasteiger charge is -2.49. The highest BCUT2D eigenvalue weighted by Crippen LogP contribution is 2.45. The van der Waals surface area contributed by atoms with Gasteiger partial charge in [0.05, 0.1) is 11.3 Å². The molecule has 7 nitrogen and oxygen atoms in total. The molecular formula is C26H21F2N3O4. The van der Waals surface area contributed by atoms with E-state index < -0.39 is 18.2 Å². The van der Waals surface area contributed by atoms with Gasteiger partial charge in [-0.15, -0.1) is 0 Å². The molecule has 2 heterocycles. The predicted octanol–water partition coefficient (Wildman–Crippen LogP) is 4.41. The fourth-order valence-corrected chi connectivity index (χ4v) is 4.72. The summed E-state index contributed by atoms with van der Waals surface area (Å²) in [6, 6.07) is 21.4. The highest BCUT2D eigenvalue weighted by Gasteiger charge is 2.60. The summed E-state index contributed by atoms with van der Waals surface area (Å²) >= 11 is 0. The van der Waals surface area contributed by atoms with Crippen molar-refractivity contribution in [1.82, 2.24) is 4.90 Å². The molecule has 0 aromatic heterocycles. The lowest BCUT2D eigenvalue weighted by molar-refractivity contribution is -0.129. The molecule has 1 saturated heterocycles. The first-order chi connectivity index (χ1) is 16.9. The SMILES string of the molecule is O=C1c2ccccc2N2C(=O)CCC2(C(=O)Nc2ccc(OC(F)F)cc2)N1Cc1ccccc1. The first-order valence-electron chi connectivity index (χ1n) is 11.0. The summed E-state index contributed by atoms with van der Waals surface area (Å²) in [7, 11) is 0. The molecule has 35 heavy (non-hydrogen) atoms. The second kappa shape index (κ2) is 8.83. The molecule has 178 valence electrons. The number of carbonyl (C=O) groups excluding carboxylic acids is 3. The van der Waals surface area contributed by atoms with Crippen LogP contribution in [0.5, 0.6) is 5.75 Å². The van der Waals surface area contributed by atoms with E-state index in [1.54, 1.807) is 24.3 Å². The first kappa shape index (κ1) is 22.5. The maximum Gasteiger partial charge on any atom is 0.387 e. The second-order valence-electron chi connectivity index (χ2n) is 8.30. The Morgan fingerprint density at radius 1 is 0.971 bits per heavy atom. The standard InChI is InChI=1S/C26H21F2N3O4/c27-25(28)35-19-12-10-18(11-13-19)29-24(34)26-15-14-22(32)31(26)21-9-5-4-8-20(21)23(33)30(26)16-17-6-2-1-3-7-17/h1-13,25H,14-16H2,(H,29,34). The molecule has 0 bridgehead atoms. The van der Waals surface area contributed by atoms with Crippen molar-refractivity contribution in [3.05, 3.63) is 90.0 Å². The Balaban J connectivity index is 1.56. The minimum absolute atomic E-state index is 0.0543. The zero-order chi connectivity index (χ0) is 24.6. The van der Waals surface area contributed by atoms with Crippen LogP contribution in [0.1, 0.15) is 28.8 Å². The van der Waals surface area contributed by atoms with Crippen LogP contribution in [0, 0.1) is 0 Å². The third kappa shape index (κ3) is 3.88. The van der Waals surface area contributed by atoms with E-state index in [2.05, 4.69) is 10.1 Å². The van der Waals surface area contributed by atoms with Crippen LogP contribution >= 0.6 is 0 Å². The molecule has 3 aromatic rings. The number of nitrogens with one attached hydrogen (secondary N) is 1. The van der Waals surface area contributed by atoms with Crippen LogP contribution in [0.15, 0.2) is 78.9 Å². The van der Waals surface area contributed by atoms with E-state index in [4.69, 9.17) is 0 Å². The molecule has 9 heteroatoms.